The molecule has 4 saturated carbocycles. The van der Waals surface area contributed by atoms with Gasteiger partial charge in [-0.15, -0.1) is 0 Å². The Hall–Kier alpha value is -3.52. The first-order valence-electron chi connectivity index (χ1n) is 22.7. The Morgan fingerprint density at radius 2 is 1.21 bits per heavy atom. The third-order valence-corrected chi connectivity index (χ3v) is 16.2. The van der Waals surface area contributed by atoms with Crippen LogP contribution in [0.5, 0.6) is 0 Å². The average molecular weight is 875 g/mol. The molecule has 1 aliphatic heterocycles. The van der Waals surface area contributed by atoms with E-state index in [1.165, 1.54) is 41.5 Å². The van der Waals surface area contributed by atoms with E-state index in [4.69, 9.17) is 37.9 Å². The van der Waals surface area contributed by atoms with Gasteiger partial charge in [0.1, 0.15) is 24.9 Å². The summed E-state index contributed by atoms with van der Waals surface area (Å²) in [5.74, 6) is -3.25. The number of ether oxygens (including phenoxy) is 8. The summed E-state index contributed by atoms with van der Waals surface area (Å²) in [7, 11) is 0. The molecule has 14 nitrogen and oxygen atoms in total. The number of allylic oxidation sites excluding steroid dienone is 2. The molecular formula is C48H74O14. The molecule has 1 heterocycles. The highest BCUT2D eigenvalue weighted by Gasteiger charge is 2.73. The molecule has 0 bridgehead atoms. The van der Waals surface area contributed by atoms with Gasteiger partial charge in [-0.1, -0.05) is 46.3 Å². The van der Waals surface area contributed by atoms with Crippen molar-refractivity contribution in [2.75, 3.05) is 6.61 Å². The number of carbonyl (C=O) groups excluding carboxylic acids is 6. The van der Waals surface area contributed by atoms with E-state index in [1.807, 2.05) is 20.8 Å². The first-order valence-corrected chi connectivity index (χ1v) is 22.7. The molecule has 14 heteroatoms. The first kappa shape index (κ1) is 49.5. The second-order valence-electron chi connectivity index (χ2n) is 20.8. The van der Waals surface area contributed by atoms with Gasteiger partial charge < -0.3 is 37.9 Å². The fourth-order valence-electron chi connectivity index (χ4n) is 13.7. The Balaban J connectivity index is 1.61. The van der Waals surface area contributed by atoms with Gasteiger partial charge in [0.25, 0.3) is 0 Å². The first-order chi connectivity index (χ1) is 28.7. The summed E-state index contributed by atoms with van der Waals surface area (Å²) < 4.78 is 49.0. The molecule has 5 rings (SSSR count). The van der Waals surface area contributed by atoms with Crippen LogP contribution < -0.4 is 0 Å². The third-order valence-electron chi connectivity index (χ3n) is 16.2. The third kappa shape index (κ3) is 9.61. The van der Waals surface area contributed by atoms with Crippen molar-refractivity contribution in [3.8, 4) is 0 Å². The SMILES string of the molecule is CC(=O)OC[C@H]1O[C@@H](O[C@@](C)(CCC=C(C)C)[C@H]2CC[C@]3(C)[C@@H]2[C@H](OC(C)=O)C[C@@H]2[C@@]4(C)CC[C@H](OC(C)=O)C(C)(C)[C@@H]4CC[C@]23C)[C@H](OC(C)=O)[C@@H](OC(C)=O)[C@@H]1OC(C)=O. The van der Waals surface area contributed by atoms with E-state index in [0.717, 1.165) is 44.1 Å². The van der Waals surface area contributed by atoms with Gasteiger partial charge in [0, 0.05) is 52.9 Å². The molecule has 350 valence electrons. The number of esters is 6. The van der Waals surface area contributed by atoms with E-state index >= 15 is 0 Å². The smallest absolute Gasteiger partial charge is 0.303 e. The monoisotopic (exact) mass is 875 g/mol. The van der Waals surface area contributed by atoms with Crippen LogP contribution in [0, 0.1) is 45.3 Å². The summed E-state index contributed by atoms with van der Waals surface area (Å²) in [4.78, 5) is 75.5. The minimum absolute atomic E-state index is 0.116. The minimum Gasteiger partial charge on any atom is -0.463 e. The van der Waals surface area contributed by atoms with Gasteiger partial charge in [0.2, 0.25) is 0 Å². The van der Waals surface area contributed by atoms with Crippen molar-refractivity contribution in [1.82, 2.24) is 0 Å². The normalized spacial score (nSPS) is 39.2. The Morgan fingerprint density at radius 3 is 1.77 bits per heavy atom. The fraction of sp³-hybridized carbons (Fsp3) is 0.833. The summed E-state index contributed by atoms with van der Waals surface area (Å²) in [5.41, 5.74) is -0.741. The number of rotatable bonds is 13. The van der Waals surface area contributed by atoms with Gasteiger partial charge in [0.15, 0.2) is 24.6 Å². The molecule has 0 radical (unpaired) electrons. The van der Waals surface area contributed by atoms with Crippen LogP contribution in [-0.2, 0) is 66.7 Å². The standard InChI is InChI=1S/C48H74O14/c1-26(2)16-15-20-48(14,62-43-42(60-32(8)54)41(59-31(7)53)40(58-30(6)52)35(61-43)25-55-27(3)49)33-17-22-47(13)39(33)34(56-28(4)50)24-37-45(11)21-19-38(57-29(5)51)44(9,10)36(45)18-23-46(37,47)12/h16,33-43H,15,17-25H2,1-14H3/t33-,34+,35+,36-,37+,38-,39-,40+,41-,42+,43-,45-,46+,47+,48-/m0/s1. The molecule has 1 saturated heterocycles. The molecule has 4 aliphatic carbocycles. The predicted octanol–water partition coefficient (Wildman–Crippen LogP) is 7.75. The second kappa shape index (κ2) is 18.5. The van der Waals surface area contributed by atoms with Crippen molar-refractivity contribution in [2.24, 2.45) is 45.3 Å². The fourth-order valence-corrected chi connectivity index (χ4v) is 13.7. The molecule has 0 aromatic heterocycles. The maximum absolute atomic E-state index is 13.2. The number of hydrogen-bond donors (Lipinski definition) is 0. The Morgan fingerprint density at radius 1 is 0.645 bits per heavy atom. The maximum Gasteiger partial charge on any atom is 0.303 e. The van der Waals surface area contributed by atoms with Crippen LogP contribution in [0.3, 0.4) is 0 Å². The van der Waals surface area contributed by atoms with Crippen LogP contribution in [0.15, 0.2) is 11.6 Å². The lowest BCUT2D eigenvalue weighted by Crippen LogP contribution is -2.67. The van der Waals surface area contributed by atoms with Gasteiger partial charge in [-0.3, -0.25) is 28.8 Å². The molecule has 62 heavy (non-hydrogen) atoms. The van der Waals surface area contributed by atoms with Crippen molar-refractivity contribution < 1.29 is 66.7 Å². The molecule has 0 aromatic carbocycles. The summed E-state index contributed by atoms with van der Waals surface area (Å²) >= 11 is 0. The van der Waals surface area contributed by atoms with Crippen molar-refractivity contribution in [3.63, 3.8) is 0 Å². The minimum atomic E-state index is -1.39. The highest BCUT2D eigenvalue weighted by molar-refractivity contribution is 5.69. The van der Waals surface area contributed by atoms with Crippen molar-refractivity contribution >= 4 is 35.8 Å². The summed E-state index contributed by atoms with van der Waals surface area (Å²) in [6, 6.07) is 0. The largest absolute Gasteiger partial charge is 0.463 e. The highest BCUT2D eigenvalue weighted by Crippen LogP contribution is 2.76. The summed E-state index contributed by atoms with van der Waals surface area (Å²) in [5, 5.41) is 0. The number of fused-ring (bicyclic) bond motifs is 5. The van der Waals surface area contributed by atoms with Crippen LogP contribution in [0.25, 0.3) is 0 Å². The van der Waals surface area contributed by atoms with Gasteiger partial charge in [-0.05, 0) is 113 Å². The molecule has 0 unspecified atom stereocenters. The van der Waals surface area contributed by atoms with Crippen LogP contribution >= 0.6 is 0 Å². The Kier molecular flexibility index (Phi) is 14.8. The van der Waals surface area contributed by atoms with Gasteiger partial charge in [-0.25, -0.2) is 0 Å². The molecule has 15 atom stereocenters. The number of hydrogen-bond acceptors (Lipinski definition) is 14. The van der Waals surface area contributed by atoms with E-state index in [1.54, 1.807) is 0 Å². The van der Waals surface area contributed by atoms with Crippen molar-refractivity contribution in [2.45, 2.75) is 203 Å². The van der Waals surface area contributed by atoms with E-state index in [2.05, 4.69) is 40.7 Å². The van der Waals surface area contributed by atoms with Crippen molar-refractivity contribution in [3.05, 3.63) is 11.6 Å². The summed E-state index contributed by atoms with van der Waals surface area (Å²) in [6.45, 7) is 25.2. The lowest BCUT2D eigenvalue weighted by atomic mass is 9.35. The molecule has 5 aliphatic rings. The zero-order valence-corrected chi connectivity index (χ0v) is 39.7. The second-order valence-corrected chi connectivity index (χ2v) is 20.8. The van der Waals surface area contributed by atoms with Crippen LogP contribution in [0.4, 0.5) is 0 Å². The lowest BCUT2D eigenvalue weighted by molar-refractivity contribution is -0.339. The molecule has 5 fully saturated rings. The molecular weight excluding hydrogens is 801 g/mol. The number of carbonyl (C=O) groups is 6. The Bertz CT molecular complexity index is 1750. The molecule has 0 N–H and O–H groups in total. The molecule has 0 aromatic rings. The van der Waals surface area contributed by atoms with Gasteiger partial charge in [-0.2, -0.15) is 0 Å². The summed E-state index contributed by atoms with van der Waals surface area (Å²) in [6.07, 6.45) is 1.83. The quantitative estimate of drug-likeness (QED) is 0.0997. The van der Waals surface area contributed by atoms with E-state index in [-0.39, 0.29) is 70.0 Å². The van der Waals surface area contributed by atoms with Gasteiger partial charge in [0.05, 0.1) is 5.60 Å². The predicted molar refractivity (Wildman–Crippen MR) is 226 cm³/mol. The molecule has 0 spiro atoms. The van der Waals surface area contributed by atoms with E-state index in [9.17, 15) is 28.8 Å². The molecule has 0 amide bonds. The highest BCUT2D eigenvalue weighted by atomic mass is 16.7. The van der Waals surface area contributed by atoms with Crippen LogP contribution in [0.1, 0.15) is 155 Å². The van der Waals surface area contributed by atoms with Crippen LogP contribution in [0.2, 0.25) is 0 Å². The average Bonchev–Trinajstić information content (AvgIpc) is 3.51. The van der Waals surface area contributed by atoms with E-state index < -0.39 is 66.3 Å². The zero-order chi connectivity index (χ0) is 46.3. The zero-order valence-electron chi connectivity index (χ0n) is 39.7. The Labute approximate surface area is 368 Å². The maximum atomic E-state index is 13.2. The van der Waals surface area contributed by atoms with Crippen molar-refractivity contribution in [1.29, 1.82) is 0 Å². The van der Waals surface area contributed by atoms with E-state index in [0.29, 0.717) is 19.3 Å². The van der Waals surface area contributed by atoms with Crippen LogP contribution in [-0.4, -0.2) is 90.9 Å². The van der Waals surface area contributed by atoms with Gasteiger partial charge >= 0.3 is 35.8 Å². The topological polar surface area (TPSA) is 176 Å². The lowest BCUT2D eigenvalue weighted by Gasteiger charge is -2.70.